The van der Waals surface area contributed by atoms with Crippen molar-refractivity contribution in [1.29, 1.82) is 0 Å². The Hall–Kier alpha value is 0.744. The van der Waals surface area contributed by atoms with Crippen molar-refractivity contribution < 1.29 is 4.43 Å². The van der Waals surface area contributed by atoms with Crippen LogP contribution in [0.15, 0.2) is 0 Å². The number of rotatable bonds is 6. The summed E-state index contributed by atoms with van der Waals surface area (Å²) in [5, 5.41) is 0.125. The fourth-order valence-electron chi connectivity index (χ4n) is 1.67. The zero-order valence-electron chi connectivity index (χ0n) is 11.5. The quantitative estimate of drug-likeness (QED) is 0.559. The summed E-state index contributed by atoms with van der Waals surface area (Å²) in [6, 6.07) is 0. The molecule has 0 saturated heterocycles. The molecule has 92 valence electrons. The van der Waals surface area contributed by atoms with Crippen molar-refractivity contribution in [3.8, 4) is 0 Å². The first kappa shape index (κ1) is 15.7. The molecule has 4 heteroatoms. The van der Waals surface area contributed by atoms with E-state index in [1.54, 1.807) is 0 Å². The van der Waals surface area contributed by atoms with Gasteiger partial charge < -0.3 is 4.43 Å². The average molecular weight is 265 g/mol. The third-order valence-electron chi connectivity index (χ3n) is 2.93. The maximum atomic E-state index is 6.46. The second kappa shape index (κ2) is 5.38. The summed E-state index contributed by atoms with van der Waals surface area (Å²) in [6.45, 7) is 16.4. The van der Waals surface area contributed by atoms with Crippen LogP contribution in [-0.2, 0) is 4.43 Å². The van der Waals surface area contributed by atoms with Crippen LogP contribution in [-0.4, -0.2) is 27.4 Å². The molecule has 0 saturated carbocycles. The number of hydrogen-bond donors (Lipinski definition) is 1. The largest absolute Gasteiger partial charge is 0.415 e. The summed E-state index contributed by atoms with van der Waals surface area (Å²) < 4.78 is 6.46. The van der Waals surface area contributed by atoms with E-state index in [1.807, 2.05) is 0 Å². The van der Waals surface area contributed by atoms with Crippen molar-refractivity contribution in [3.63, 3.8) is 0 Å². The summed E-state index contributed by atoms with van der Waals surface area (Å²) in [4.78, 5) is 0. The van der Waals surface area contributed by atoms with Crippen LogP contribution in [0.5, 0.6) is 0 Å². The minimum absolute atomic E-state index is 0.125. The first-order valence-corrected chi connectivity index (χ1v) is 13.4. The van der Waals surface area contributed by atoms with Crippen molar-refractivity contribution in [2.75, 3.05) is 5.75 Å². The highest BCUT2D eigenvalue weighted by atomic mass is 32.1. The Labute approximate surface area is 104 Å². The monoisotopic (exact) mass is 264 g/mol. The summed E-state index contributed by atoms with van der Waals surface area (Å²) in [7, 11) is -2.72. The van der Waals surface area contributed by atoms with E-state index < -0.39 is 16.4 Å². The fraction of sp³-hybridized carbons (Fsp3) is 1.00. The molecule has 0 amide bonds. The Morgan fingerprint density at radius 1 is 1.07 bits per heavy atom. The van der Waals surface area contributed by atoms with Gasteiger partial charge in [-0.25, -0.2) is 0 Å². The second-order valence-electron chi connectivity index (χ2n) is 6.52. The molecule has 0 aliphatic rings. The van der Waals surface area contributed by atoms with Gasteiger partial charge in [-0.15, -0.1) is 0 Å². The van der Waals surface area contributed by atoms with Gasteiger partial charge in [0, 0.05) is 5.22 Å². The Morgan fingerprint density at radius 3 is 1.80 bits per heavy atom. The van der Waals surface area contributed by atoms with Crippen LogP contribution in [0.25, 0.3) is 0 Å². The molecule has 0 aromatic rings. The third-order valence-corrected chi connectivity index (χ3v) is 8.04. The van der Waals surface area contributed by atoms with Gasteiger partial charge in [-0.2, -0.15) is 12.6 Å². The fourth-order valence-corrected chi connectivity index (χ4v) is 6.35. The third kappa shape index (κ3) is 5.56. The molecule has 0 radical (unpaired) electrons. The SMILES string of the molecule is CC(CCCS)(O[Si](C)(C)C)[Si](C)(C)C. The predicted octanol–water partition coefficient (Wildman–Crippen LogP) is 4.18. The maximum absolute atomic E-state index is 6.46. The van der Waals surface area contributed by atoms with Crippen LogP contribution in [0.1, 0.15) is 19.8 Å². The van der Waals surface area contributed by atoms with E-state index in [9.17, 15) is 0 Å². The van der Waals surface area contributed by atoms with Crippen molar-refractivity contribution in [2.45, 2.75) is 64.3 Å². The molecule has 15 heavy (non-hydrogen) atoms. The number of hydrogen-bond acceptors (Lipinski definition) is 2. The predicted molar refractivity (Wildman–Crippen MR) is 79.3 cm³/mol. The van der Waals surface area contributed by atoms with E-state index in [1.165, 1.54) is 0 Å². The lowest BCUT2D eigenvalue weighted by Gasteiger charge is -2.45. The van der Waals surface area contributed by atoms with Crippen LogP contribution in [0.3, 0.4) is 0 Å². The maximum Gasteiger partial charge on any atom is 0.184 e. The zero-order chi connectivity index (χ0) is 12.3. The highest BCUT2D eigenvalue weighted by Gasteiger charge is 2.42. The molecule has 0 fully saturated rings. The van der Waals surface area contributed by atoms with Crippen LogP contribution in [0, 0.1) is 0 Å². The van der Waals surface area contributed by atoms with Gasteiger partial charge in [0.25, 0.3) is 0 Å². The Morgan fingerprint density at radius 2 is 1.53 bits per heavy atom. The molecule has 0 aliphatic heterocycles. The molecule has 1 nitrogen and oxygen atoms in total. The van der Waals surface area contributed by atoms with Crippen LogP contribution < -0.4 is 0 Å². The molecule has 0 heterocycles. The van der Waals surface area contributed by atoms with Gasteiger partial charge in [0.2, 0.25) is 0 Å². The summed E-state index contributed by atoms with van der Waals surface area (Å²) in [6.07, 6.45) is 2.32. The summed E-state index contributed by atoms with van der Waals surface area (Å²) >= 11 is 4.31. The molecule has 1 atom stereocenters. The Bertz CT molecular complexity index is 196. The molecule has 0 aromatic heterocycles. The highest BCUT2D eigenvalue weighted by molar-refractivity contribution is 7.80. The lowest BCUT2D eigenvalue weighted by atomic mass is 10.2. The lowest BCUT2D eigenvalue weighted by Crippen LogP contribution is -2.56. The normalized spacial score (nSPS) is 17.6. The highest BCUT2D eigenvalue weighted by Crippen LogP contribution is 2.32. The summed E-state index contributed by atoms with van der Waals surface area (Å²) in [5.74, 6) is 0.967. The van der Waals surface area contributed by atoms with Crippen molar-refractivity contribution >= 4 is 29.0 Å². The lowest BCUT2D eigenvalue weighted by molar-refractivity contribution is 0.145. The molecular formula is C11H28OSSi2. The molecule has 0 aromatic carbocycles. The van der Waals surface area contributed by atoms with Gasteiger partial charge in [0.1, 0.15) is 0 Å². The zero-order valence-corrected chi connectivity index (χ0v) is 14.4. The van der Waals surface area contributed by atoms with Crippen LogP contribution in [0.2, 0.25) is 39.3 Å². The van der Waals surface area contributed by atoms with Gasteiger partial charge in [-0.3, -0.25) is 0 Å². The van der Waals surface area contributed by atoms with Gasteiger partial charge in [0.05, 0.1) is 8.07 Å². The van der Waals surface area contributed by atoms with E-state index in [0.29, 0.717) is 0 Å². The molecule has 0 aliphatic carbocycles. The van der Waals surface area contributed by atoms with E-state index >= 15 is 0 Å². The molecule has 1 unspecified atom stereocenters. The minimum atomic E-state index is -1.44. The van der Waals surface area contributed by atoms with Gasteiger partial charge in [-0.05, 0) is 45.2 Å². The minimum Gasteiger partial charge on any atom is -0.415 e. The first-order valence-electron chi connectivity index (χ1n) is 5.83. The van der Waals surface area contributed by atoms with Crippen molar-refractivity contribution in [3.05, 3.63) is 0 Å². The van der Waals surface area contributed by atoms with Gasteiger partial charge in [0.15, 0.2) is 8.32 Å². The topological polar surface area (TPSA) is 9.23 Å². The molecule has 0 bridgehead atoms. The Balaban J connectivity index is 4.71. The molecule has 0 N–H and O–H groups in total. The van der Waals surface area contributed by atoms with Gasteiger partial charge >= 0.3 is 0 Å². The molecule has 0 rings (SSSR count). The number of thiol groups is 1. The molecular weight excluding hydrogens is 236 g/mol. The summed E-state index contributed by atoms with van der Waals surface area (Å²) in [5.41, 5.74) is 0. The van der Waals surface area contributed by atoms with Crippen molar-refractivity contribution in [1.82, 2.24) is 0 Å². The standard InChI is InChI=1S/C11H28OSSi2/c1-11(9-8-10-13,14(2,3)4)12-15(5,6)7/h13H,8-10H2,1-7H3. The van der Waals surface area contributed by atoms with E-state index in [-0.39, 0.29) is 5.22 Å². The van der Waals surface area contributed by atoms with Crippen LogP contribution >= 0.6 is 12.6 Å². The average Bonchev–Trinajstić information content (AvgIpc) is 1.95. The Kier molecular flexibility index (Phi) is 5.65. The molecule has 0 spiro atoms. The van der Waals surface area contributed by atoms with E-state index in [0.717, 1.165) is 18.6 Å². The van der Waals surface area contributed by atoms with E-state index in [2.05, 4.69) is 58.8 Å². The van der Waals surface area contributed by atoms with Gasteiger partial charge in [-0.1, -0.05) is 19.6 Å². The smallest absolute Gasteiger partial charge is 0.184 e. The second-order valence-corrected chi connectivity index (χ2v) is 17.0. The first-order chi connectivity index (χ1) is 6.52. The van der Waals surface area contributed by atoms with Crippen LogP contribution in [0.4, 0.5) is 0 Å². The van der Waals surface area contributed by atoms with E-state index in [4.69, 9.17) is 4.43 Å². The van der Waals surface area contributed by atoms with Crippen molar-refractivity contribution in [2.24, 2.45) is 0 Å².